The first-order valence-corrected chi connectivity index (χ1v) is 5.12. The number of rotatable bonds is 2. The van der Waals surface area contributed by atoms with Gasteiger partial charge in [0.05, 0.1) is 11.3 Å². The summed E-state index contributed by atoms with van der Waals surface area (Å²) in [5.41, 5.74) is 3.04. The van der Waals surface area contributed by atoms with Crippen LogP contribution in [0.15, 0.2) is 30.4 Å². The van der Waals surface area contributed by atoms with Gasteiger partial charge in [-0.05, 0) is 26.0 Å². The fourth-order valence-corrected chi connectivity index (χ4v) is 1.84. The SMILES string of the molecule is C=C(C)CN1C(=O)C(=O)c2cc(C)ccc21. The van der Waals surface area contributed by atoms with Gasteiger partial charge in [0.2, 0.25) is 0 Å². The number of hydrogen-bond donors (Lipinski definition) is 0. The second-order valence-electron chi connectivity index (χ2n) is 4.20. The van der Waals surface area contributed by atoms with Crippen LogP contribution in [0, 0.1) is 6.92 Å². The van der Waals surface area contributed by atoms with E-state index in [1.54, 1.807) is 6.07 Å². The summed E-state index contributed by atoms with van der Waals surface area (Å²) in [5, 5.41) is 0. The molecule has 3 heteroatoms. The molecule has 3 nitrogen and oxygen atoms in total. The maximum absolute atomic E-state index is 11.7. The molecule has 1 aromatic rings. The van der Waals surface area contributed by atoms with Crippen molar-refractivity contribution in [2.24, 2.45) is 0 Å². The standard InChI is InChI=1S/C13H13NO2/c1-8(2)7-14-11-5-4-9(3)6-10(11)12(15)13(14)16/h4-6H,1,7H2,2-3H3. The summed E-state index contributed by atoms with van der Waals surface area (Å²) in [6.07, 6.45) is 0. The first-order valence-electron chi connectivity index (χ1n) is 5.12. The number of anilines is 1. The molecule has 0 atom stereocenters. The van der Waals surface area contributed by atoms with Gasteiger partial charge in [-0.3, -0.25) is 9.59 Å². The van der Waals surface area contributed by atoms with E-state index in [1.165, 1.54) is 4.90 Å². The van der Waals surface area contributed by atoms with Gasteiger partial charge in [-0.1, -0.05) is 23.8 Å². The van der Waals surface area contributed by atoms with Crippen LogP contribution in [0.1, 0.15) is 22.8 Å². The molecular weight excluding hydrogens is 202 g/mol. The first-order chi connectivity index (χ1) is 7.50. The van der Waals surface area contributed by atoms with Crippen LogP contribution in [-0.2, 0) is 4.79 Å². The van der Waals surface area contributed by atoms with Crippen LogP contribution < -0.4 is 4.90 Å². The molecule has 0 bridgehead atoms. The van der Waals surface area contributed by atoms with Crippen LogP contribution in [0.25, 0.3) is 0 Å². The third-order valence-electron chi connectivity index (χ3n) is 2.55. The molecule has 0 aromatic heterocycles. The fraction of sp³-hybridized carbons (Fsp3) is 0.231. The highest BCUT2D eigenvalue weighted by Crippen LogP contribution is 2.29. The maximum atomic E-state index is 11.7. The van der Waals surface area contributed by atoms with E-state index in [-0.39, 0.29) is 0 Å². The van der Waals surface area contributed by atoms with E-state index in [2.05, 4.69) is 6.58 Å². The fourth-order valence-electron chi connectivity index (χ4n) is 1.84. The largest absolute Gasteiger partial charge is 0.301 e. The zero-order chi connectivity index (χ0) is 11.9. The number of Topliss-reactive ketones (excluding diaryl/α,β-unsaturated/α-hetero) is 1. The lowest BCUT2D eigenvalue weighted by molar-refractivity contribution is -0.114. The smallest absolute Gasteiger partial charge is 0.299 e. The Morgan fingerprint density at radius 3 is 2.69 bits per heavy atom. The highest BCUT2D eigenvalue weighted by molar-refractivity contribution is 6.52. The highest BCUT2D eigenvalue weighted by atomic mass is 16.2. The molecule has 0 N–H and O–H groups in total. The van der Waals surface area contributed by atoms with Gasteiger partial charge < -0.3 is 4.90 Å². The monoisotopic (exact) mass is 215 g/mol. The summed E-state index contributed by atoms with van der Waals surface area (Å²) in [7, 11) is 0. The third kappa shape index (κ3) is 1.54. The maximum Gasteiger partial charge on any atom is 0.299 e. The Morgan fingerprint density at radius 1 is 1.38 bits per heavy atom. The number of amides is 1. The van der Waals surface area contributed by atoms with Crippen molar-refractivity contribution in [1.82, 2.24) is 0 Å². The van der Waals surface area contributed by atoms with Crippen LogP contribution in [0.3, 0.4) is 0 Å². The van der Waals surface area contributed by atoms with Crippen molar-refractivity contribution in [3.8, 4) is 0 Å². The number of fused-ring (bicyclic) bond motifs is 1. The number of benzene rings is 1. The van der Waals surface area contributed by atoms with Crippen molar-refractivity contribution < 1.29 is 9.59 Å². The lowest BCUT2D eigenvalue weighted by atomic mass is 10.1. The summed E-state index contributed by atoms with van der Waals surface area (Å²) in [5.74, 6) is -0.872. The highest BCUT2D eigenvalue weighted by Gasteiger charge is 2.35. The van der Waals surface area contributed by atoms with Crippen LogP contribution >= 0.6 is 0 Å². The zero-order valence-corrected chi connectivity index (χ0v) is 9.41. The van der Waals surface area contributed by atoms with Gasteiger partial charge in [-0.25, -0.2) is 0 Å². The predicted octanol–water partition coefficient (Wildman–Crippen LogP) is 2.10. The van der Waals surface area contributed by atoms with Crippen molar-refractivity contribution in [3.63, 3.8) is 0 Å². The summed E-state index contributed by atoms with van der Waals surface area (Å²) in [4.78, 5) is 24.9. The molecule has 1 aliphatic heterocycles. The first kappa shape index (κ1) is 10.6. The average molecular weight is 215 g/mol. The van der Waals surface area contributed by atoms with Crippen LogP contribution in [0.2, 0.25) is 0 Å². The Morgan fingerprint density at radius 2 is 2.06 bits per heavy atom. The predicted molar refractivity (Wildman–Crippen MR) is 62.7 cm³/mol. The van der Waals surface area contributed by atoms with Gasteiger partial charge in [0, 0.05) is 6.54 Å². The number of carbonyl (C=O) groups excluding carboxylic acids is 2. The molecule has 1 aliphatic rings. The van der Waals surface area contributed by atoms with Crippen molar-refractivity contribution >= 4 is 17.4 Å². The van der Waals surface area contributed by atoms with Gasteiger partial charge in [-0.2, -0.15) is 0 Å². The molecule has 0 saturated carbocycles. The van der Waals surface area contributed by atoms with E-state index >= 15 is 0 Å². The zero-order valence-electron chi connectivity index (χ0n) is 9.41. The van der Waals surface area contributed by atoms with Crippen molar-refractivity contribution in [3.05, 3.63) is 41.5 Å². The van der Waals surface area contributed by atoms with E-state index < -0.39 is 11.7 Å². The topological polar surface area (TPSA) is 37.4 Å². The lowest BCUT2D eigenvalue weighted by Gasteiger charge is -2.16. The Kier molecular flexibility index (Phi) is 2.38. The van der Waals surface area contributed by atoms with E-state index in [1.807, 2.05) is 26.0 Å². The molecule has 1 amide bonds. The molecule has 0 aliphatic carbocycles. The van der Waals surface area contributed by atoms with Gasteiger partial charge in [0.15, 0.2) is 0 Å². The second-order valence-corrected chi connectivity index (χ2v) is 4.20. The van der Waals surface area contributed by atoms with E-state index in [0.717, 1.165) is 11.1 Å². The molecule has 0 saturated heterocycles. The number of nitrogens with zero attached hydrogens (tertiary/aromatic N) is 1. The Balaban J connectivity index is 2.50. The Labute approximate surface area is 94.4 Å². The van der Waals surface area contributed by atoms with E-state index in [0.29, 0.717) is 17.8 Å². The minimum Gasteiger partial charge on any atom is -0.301 e. The molecule has 16 heavy (non-hydrogen) atoms. The van der Waals surface area contributed by atoms with Gasteiger partial charge in [0.25, 0.3) is 11.7 Å². The summed E-state index contributed by atoms with van der Waals surface area (Å²) in [6.45, 7) is 7.91. The normalized spacial score (nSPS) is 14.2. The Hall–Kier alpha value is -1.90. The molecule has 1 aromatic carbocycles. The number of carbonyl (C=O) groups is 2. The molecule has 2 rings (SSSR count). The van der Waals surface area contributed by atoms with Gasteiger partial charge >= 0.3 is 0 Å². The average Bonchev–Trinajstić information content (AvgIpc) is 2.43. The molecule has 82 valence electrons. The summed E-state index contributed by atoms with van der Waals surface area (Å²) < 4.78 is 0. The number of aryl methyl sites for hydroxylation is 1. The van der Waals surface area contributed by atoms with Crippen molar-refractivity contribution in [1.29, 1.82) is 0 Å². The second kappa shape index (κ2) is 3.59. The van der Waals surface area contributed by atoms with E-state index in [9.17, 15) is 9.59 Å². The van der Waals surface area contributed by atoms with Crippen molar-refractivity contribution in [2.45, 2.75) is 13.8 Å². The minimum atomic E-state index is -0.455. The summed E-state index contributed by atoms with van der Waals surface area (Å²) >= 11 is 0. The molecule has 0 unspecified atom stereocenters. The van der Waals surface area contributed by atoms with Crippen LogP contribution in [-0.4, -0.2) is 18.2 Å². The third-order valence-corrected chi connectivity index (χ3v) is 2.55. The molecule has 0 radical (unpaired) electrons. The number of hydrogen-bond acceptors (Lipinski definition) is 2. The molecule has 0 fully saturated rings. The van der Waals surface area contributed by atoms with Crippen LogP contribution in [0.4, 0.5) is 5.69 Å². The molecule has 1 heterocycles. The minimum absolute atomic E-state index is 0.403. The van der Waals surface area contributed by atoms with E-state index in [4.69, 9.17) is 0 Å². The van der Waals surface area contributed by atoms with Gasteiger partial charge in [-0.15, -0.1) is 0 Å². The number of ketones is 1. The Bertz CT molecular complexity index is 503. The van der Waals surface area contributed by atoms with Crippen LogP contribution in [0.5, 0.6) is 0 Å². The lowest BCUT2D eigenvalue weighted by Crippen LogP contribution is -2.30. The molecular formula is C13H13NO2. The quantitative estimate of drug-likeness (QED) is 0.559. The summed E-state index contributed by atoms with van der Waals surface area (Å²) in [6, 6.07) is 5.47. The molecule has 0 spiro atoms. The van der Waals surface area contributed by atoms with Crippen molar-refractivity contribution in [2.75, 3.05) is 11.4 Å². The van der Waals surface area contributed by atoms with Gasteiger partial charge in [0.1, 0.15) is 0 Å².